The zero-order valence-electron chi connectivity index (χ0n) is 17.1. The molecule has 0 saturated carbocycles. The number of fused-ring (bicyclic) bond motifs is 1. The quantitative estimate of drug-likeness (QED) is 0.201. The van der Waals surface area contributed by atoms with Gasteiger partial charge in [-0.25, -0.2) is 0 Å². The Morgan fingerprint density at radius 3 is 2.72 bits per heavy atom. The third-order valence-electron chi connectivity index (χ3n) is 4.37. The van der Waals surface area contributed by atoms with Gasteiger partial charge in [-0.05, 0) is 41.8 Å². The van der Waals surface area contributed by atoms with Crippen LogP contribution in [0.5, 0.6) is 5.75 Å². The SMILES string of the molecule is CCNC(=NCCCOc1ccc2ccccc2c1)NCCc1cnn(C)c1.I. The van der Waals surface area contributed by atoms with Crippen molar-refractivity contribution in [1.82, 2.24) is 20.4 Å². The standard InChI is InChI=1S/C22H29N5O.HI/c1-3-23-22(25-13-11-18-16-26-27(2)17-18)24-12-6-14-28-21-10-9-19-7-4-5-8-20(19)15-21;/h4-5,7-10,15-17H,3,6,11-14H2,1-2H3,(H2,23,24,25);1H. The summed E-state index contributed by atoms with van der Waals surface area (Å²) in [5, 5.41) is 13.3. The van der Waals surface area contributed by atoms with Crippen molar-refractivity contribution in [3.63, 3.8) is 0 Å². The van der Waals surface area contributed by atoms with Crippen molar-refractivity contribution >= 4 is 40.7 Å². The van der Waals surface area contributed by atoms with E-state index in [4.69, 9.17) is 4.74 Å². The van der Waals surface area contributed by atoms with E-state index in [0.717, 1.165) is 44.2 Å². The molecule has 7 heteroatoms. The molecule has 0 bridgehead atoms. The van der Waals surface area contributed by atoms with E-state index in [-0.39, 0.29) is 24.0 Å². The maximum Gasteiger partial charge on any atom is 0.191 e. The number of guanidine groups is 1. The van der Waals surface area contributed by atoms with Crippen LogP contribution in [-0.4, -0.2) is 42.0 Å². The highest BCUT2D eigenvalue weighted by atomic mass is 127. The van der Waals surface area contributed by atoms with Crippen molar-refractivity contribution < 1.29 is 4.74 Å². The molecule has 0 unspecified atom stereocenters. The lowest BCUT2D eigenvalue weighted by molar-refractivity contribution is 0.314. The number of nitrogens with zero attached hydrogens (tertiary/aromatic N) is 3. The molecule has 0 aliphatic rings. The van der Waals surface area contributed by atoms with Gasteiger partial charge in [0.2, 0.25) is 0 Å². The summed E-state index contributed by atoms with van der Waals surface area (Å²) in [6.45, 7) is 5.10. The van der Waals surface area contributed by atoms with Crippen molar-refractivity contribution in [2.45, 2.75) is 19.8 Å². The van der Waals surface area contributed by atoms with Crippen LogP contribution in [0, 0.1) is 0 Å². The molecule has 0 saturated heterocycles. The van der Waals surface area contributed by atoms with Gasteiger partial charge in [0.1, 0.15) is 5.75 Å². The summed E-state index contributed by atoms with van der Waals surface area (Å²) in [7, 11) is 1.93. The fourth-order valence-corrected chi connectivity index (χ4v) is 2.97. The van der Waals surface area contributed by atoms with E-state index < -0.39 is 0 Å². The van der Waals surface area contributed by atoms with Crippen LogP contribution in [0.1, 0.15) is 18.9 Å². The minimum absolute atomic E-state index is 0. The van der Waals surface area contributed by atoms with E-state index >= 15 is 0 Å². The van der Waals surface area contributed by atoms with Gasteiger partial charge in [-0.15, -0.1) is 24.0 Å². The Labute approximate surface area is 189 Å². The average molecular weight is 507 g/mol. The lowest BCUT2D eigenvalue weighted by Gasteiger charge is -2.11. The van der Waals surface area contributed by atoms with Gasteiger partial charge >= 0.3 is 0 Å². The van der Waals surface area contributed by atoms with Crippen LogP contribution in [0.25, 0.3) is 10.8 Å². The molecule has 0 aliphatic heterocycles. The molecule has 0 fully saturated rings. The van der Waals surface area contributed by atoms with E-state index in [1.54, 1.807) is 0 Å². The molecule has 0 spiro atoms. The maximum absolute atomic E-state index is 5.88. The summed E-state index contributed by atoms with van der Waals surface area (Å²) in [5.74, 6) is 1.75. The molecule has 2 N–H and O–H groups in total. The Morgan fingerprint density at radius 1 is 1.14 bits per heavy atom. The first-order chi connectivity index (χ1) is 13.7. The normalized spacial score (nSPS) is 11.2. The summed E-state index contributed by atoms with van der Waals surface area (Å²) >= 11 is 0. The third-order valence-corrected chi connectivity index (χ3v) is 4.37. The van der Waals surface area contributed by atoms with Crippen molar-refractivity contribution in [2.75, 3.05) is 26.2 Å². The maximum atomic E-state index is 5.88. The second-order valence-corrected chi connectivity index (χ2v) is 6.67. The number of aryl methyl sites for hydroxylation is 1. The Kier molecular flexibility index (Phi) is 9.76. The first-order valence-electron chi connectivity index (χ1n) is 9.86. The number of hydrogen-bond acceptors (Lipinski definition) is 3. The Balaban J connectivity index is 0.00000300. The number of ether oxygens (including phenoxy) is 1. The molecular weight excluding hydrogens is 477 g/mol. The van der Waals surface area contributed by atoms with E-state index in [9.17, 15) is 0 Å². The van der Waals surface area contributed by atoms with Crippen LogP contribution in [-0.2, 0) is 13.5 Å². The molecule has 1 aromatic heterocycles. The highest BCUT2D eigenvalue weighted by molar-refractivity contribution is 14.0. The van der Waals surface area contributed by atoms with Crippen LogP contribution in [0.4, 0.5) is 0 Å². The smallest absolute Gasteiger partial charge is 0.191 e. The van der Waals surface area contributed by atoms with E-state index in [1.165, 1.54) is 16.3 Å². The van der Waals surface area contributed by atoms with Crippen LogP contribution < -0.4 is 15.4 Å². The minimum atomic E-state index is 0. The topological polar surface area (TPSA) is 63.5 Å². The minimum Gasteiger partial charge on any atom is -0.494 e. The van der Waals surface area contributed by atoms with Gasteiger partial charge in [-0.1, -0.05) is 30.3 Å². The highest BCUT2D eigenvalue weighted by Crippen LogP contribution is 2.20. The summed E-state index contributed by atoms with van der Waals surface area (Å²) in [6, 6.07) is 14.5. The van der Waals surface area contributed by atoms with Gasteiger partial charge in [0.05, 0.1) is 12.8 Å². The van der Waals surface area contributed by atoms with E-state index in [2.05, 4.69) is 51.9 Å². The van der Waals surface area contributed by atoms with Gasteiger partial charge in [0.25, 0.3) is 0 Å². The van der Waals surface area contributed by atoms with Crippen LogP contribution in [0.2, 0.25) is 0 Å². The molecule has 0 aliphatic carbocycles. The molecule has 6 nitrogen and oxygen atoms in total. The Hall–Kier alpha value is -2.29. The number of rotatable bonds is 9. The van der Waals surface area contributed by atoms with Crippen molar-refractivity contribution in [1.29, 1.82) is 0 Å². The predicted molar refractivity (Wildman–Crippen MR) is 130 cm³/mol. The molecule has 156 valence electrons. The zero-order chi connectivity index (χ0) is 19.6. The zero-order valence-corrected chi connectivity index (χ0v) is 19.4. The molecule has 3 rings (SSSR count). The van der Waals surface area contributed by atoms with Gasteiger partial charge in [0.15, 0.2) is 5.96 Å². The first kappa shape index (κ1) is 23.0. The number of aromatic nitrogens is 2. The van der Waals surface area contributed by atoms with Crippen molar-refractivity contribution in [2.24, 2.45) is 12.0 Å². The highest BCUT2D eigenvalue weighted by Gasteiger charge is 2.00. The number of halogens is 1. The molecule has 0 radical (unpaired) electrons. The summed E-state index contributed by atoms with van der Waals surface area (Å²) in [6.07, 6.45) is 5.72. The molecular formula is C22H30IN5O. The molecule has 0 amide bonds. The van der Waals surface area contributed by atoms with Crippen molar-refractivity contribution in [3.05, 3.63) is 60.4 Å². The number of nitrogens with one attached hydrogen (secondary N) is 2. The number of aliphatic imine (C=N–C) groups is 1. The van der Waals surface area contributed by atoms with Crippen molar-refractivity contribution in [3.8, 4) is 5.75 Å². The average Bonchev–Trinajstić information content (AvgIpc) is 3.12. The second kappa shape index (κ2) is 12.3. The molecule has 3 aromatic rings. The number of hydrogen-bond donors (Lipinski definition) is 2. The second-order valence-electron chi connectivity index (χ2n) is 6.67. The van der Waals surface area contributed by atoms with Crippen LogP contribution in [0.3, 0.4) is 0 Å². The first-order valence-corrected chi connectivity index (χ1v) is 9.86. The van der Waals surface area contributed by atoms with Gasteiger partial charge in [0, 0.05) is 39.3 Å². The lowest BCUT2D eigenvalue weighted by Crippen LogP contribution is -2.38. The Morgan fingerprint density at radius 2 is 1.97 bits per heavy atom. The molecule has 2 aromatic carbocycles. The lowest BCUT2D eigenvalue weighted by atomic mass is 10.1. The largest absolute Gasteiger partial charge is 0.494 e. The fourth-order valence-electron chi connectivity index (χ4n) is 2.97. The summed E-state index contributed by atoms with van der Waals surface area (Å²) in [5.41, 5.74) is 1.22. The molecule has 0 atom stereocenters. The van der Waals surface area contributed by atoms with Gasteiger partial charge in [-0.3, -0.25) is 9.67 Å². The molecule has 29 heavy (non-hydrogen) atoms. The van der Waals surface area contributed by atoms with Crippen LogP contribution >= 0.6 is 24.0 Å². The third kappa shape index (κ3) is 7.56. The van der Waals surface area contributed by atoms with Crippen LogP contribution in [0.15, 0.2) is 59.9 Å². The summed E-state index contributed by atoms with van der Waals surface area (Å²) in [4.78, 5) is 4.62. The molecule has 1 heterocycles. The Bertz CT molecular complexity index is 909. The predicted octanol–water partition coefficient (Wildman–Crippen LogP) is 3.76. The summed E-state index contributed by atoms with van der Waals surface area (Å²) < 4.78 is 7.70. The number of benzene rings is 2. The van der Waals surface area contributed by atoms with Gasteiger partial charge in [-0.2, -0.15) is 5.10 Å². The van der Waals surface area contributed by atoms with E-state index in [0.29, 0.717) is 6.61 Å². The van der Waals surface area contributed by atoms with E-state index in [1.807, 2.05) is 42.3 Å². The monoisotopic (exact) mass is 507 g/mol. The fraction of sp³-hybridized carbons (Fsp3) is 0.364. The van der Waals surface area contributed by atoms with Gasteiger partial charge < -0.3 is 15.4 Å².